The number of benzene rings is 1. The van der Waals surface area contributed by atoms with Crippen LogP contribution in [0.1, 0.15) is 26.5 Å². The Morgan fingerprint density at radius 3 is 2.56 bits per heavy atom. The van der Waals surface area contributed by atoms with E-state index in [1.54, 1.807) is 0 Å². The Morgan fingerprint density at radius 2 is 1.78 bits per heavy atom. The molecule has 4 aromatic heterocycles. The molecule has 0 saturated carbocycles. The number of likely N-dealkylation sites (N-methyl/N-ethyl adjacent to an activating group) is 1. The average Bonchev–Trinajstić information content (AvgIpc) is 3.31. The lowest BCUT2D eigenvalue weighted by Crippen LogP contribution is -2.59. The zero-order valence-electron chi connectivity index (χ0n) is 21.4. The van der Waals surface area contributed by atoms with Crippen LogP contribution in [0.3, 0.4) is 0 Å². The van der Waals surface area contributed by atoms with Crippen LogP contribution in [-0.2, 0) is 0 Å². The van der Waals surface area contributed by atoms with Gasteiger partial charge in [0.05, 0.1) is 17.4 Å². The number of anilines is 1. The molecule has 0 spiro atoms. The van der Waals surface area contributed by atoms with Gasteiger partial charge in [-0.15, -0.1) is 0 Å². The molecule has 0 atom stereocenters. The lowest BCUT2D eigenvalue weighted by Gasteiger charge is -2.47. The monoisotopic (exact) mass is 476 g/mol. The number of rotatable bonds is 4. The third-order valence-electron chi connectivity index (χ3n) is 7.49. The van der Waals surface area contributed by atoms with E-state index in [1.807, 2.05) is 25.4 Å². The molecular formula is C30H32N6. The number of hydrogen-bond donors (Lipinski definition) is 0. The molecule has 0 aliphatic carbocycles. The van der Waals surface area contributed by atoms with E-state index >= 15 is 0 Å². The van der Waals surface area contributed by atoms with Crippen LogP contribution in [0.15, 0.2) is 73.2 Å². The van der Waals surface area contributed by atoms with Gasteiger partial charge >= 0.3 is 0 Å². The highest BCUT2D eigenvalue weighted by Crippen LogP contribution is 2.31. The summed E-state index contributed by atoms with van der Waals surface area (Å²) >= 11 is 0. The summed E-state index contributed by atoms with van der Waals surface area (Å²) in [5.74, 6) is 1.05. The summed E-state index contributed by atoms with van der Waals surface area (Å²) in [7, 11) is 0. The Balaban J connectivity index is 1.30. The number of aromatic nitrogens is 4. The fraction of sp³-hybridized carbons (Fsp3) is 0.300. The third kappa shape index (κ3) is 3.91. The fourth-order valence-corrected chi connectivity index (χ4v) is 5.59. The van der Waals surface area contributed by atoms with Crippen molar-refractivity contribution >= 4 is 22.4 Å². The predicted molar refractivity (Wildman–Crippen MR) is 147 cm³/mol. The van der Waals surface area contributed by atoms with Crippen LogP contribution < -0.4 is 4.90 Å². The van der Waals surface area contributed by atoms with Crippen molar-refractivity contribution in [2.24, 2.45) is 0 Å². The maximum absolute atomic E-state index is 4.85. The molecule has 0 N–H and O–H groups in total. The van der Waals surface area contributed by atoms with Crippen molar-refractivity contribution in [2.75, 3.05) is 31.1 Å². The van der Waals surface area contributed by atoms with Gasteiger partial charge in [-0.3, -0.25) is 14.3 Å². The standard InChI is InChI=1S/C30H32N6/c1-5-35-15-14-34(20-30(35,3)4)28-11-10-23(18-31-28)22-12-13-36-27(19-32-29(36)17-22)25-16-21(2)33-26-9-7-6-8-24(25)26/h6-13,16-19H,5,14-15,20H2,1-4H3. The van der Waals surface area contributed by atoms with Crippen LogP contribution in [0.4, 0.5) is 5.82 Å². The summed E-state index contributed by atoms with van der Waals surface area (Å²) in [6.07, 6.45) is 6.06. The molecule has 0 radical (unpaired) electrons. The average molecular weight is 477 g/mol. The van der Waals surface area contributed by atoms with Gasteiger partial charge in [0, 0.05) is 59.8 Å². The van der Waals surface area contributed by atoms with Gasteiger partial charge in [-0.05, 0) is 69.3 Å². The molecule has 6 nitrogen and oxygen atoms in total. The van der Waals surface area contributed by atoms with Crippen molar-refractivity contribution in [1.29, 1.82) is 0 Å². The third-order valence-corrected chi connectivity index (χ3v) is 7.49. The van der Waals surface area contributed by atoms with E-state index in [4.69, 9.17) is 15.0 Å². The van der Waals surface area contributed by atoms with Crippen LogP contribution in [0, 0.1) is 6.92 Å². The van der Waals surface area contributed by atoms with Crippen molar-refractivity contribution in [3.8, 4) is 22.4 Å². The lowest BCUT2D eigenvalue weighted by molar-refractivity contribution is 0.111. The number of para-hydroxylation sites is 1. The van der Waals surface area contributed by atoms with Gasteiger partial charge in [-0.25, -0.2) is 9.97 Å². The highest BCUT2D eigenvalue weighted by atomic mass is 15.3. The molecular weight excluding hydrogens is 444 g/mol. The molecule has 0 amide bonds. The zero-order valence-corrected chi connectivity index (χ0v) is 21.4. The molecule has 1 fully saturated rings. The fourth-order valence-electron chi connectivity index (χ4n) is 5.59. The van der Waals surface area contributed by atoms with Gasteiger partial charge in [0.2, 0.25) is 0 Å². The second kappa shape index (κ2) is 8.71. The summed E-state index contributed by atoms with van der Waals surface area (Å²) < 4.78 is 2.15. The van der Waals surface area contributed by atoms with Crippen molar-refractivity contribution in [3.05, 3.63) is 78.9 Å². The quantitative estimate of drug-likeness (QED) is 0.326. The van der Waals surface area contributed by atoms with Gasteiger partial charge < -0.3 is 4.90 Å². The van der Waals surface area contributed by atoms with Crippen molar-refractivity contribution in [1.82, 2.24) is 24.3 Å². The lowest BCUT2D eigenvalue weighted by atomic mass is 9.99. The van der Waals surface area contributed by atoms with E-state index in [-0.39, 0.29) is 5.54 Å². The summed E-state index contributed by atoms with van der Waals surface area (Å²) in [5, 5.41) is 1.14. The Kier molecular flexibility index (Phi) is 5.49. The second-order valence-electron chi connectivity index (χ2n) is 10.3. The zero-order chi connectivity index (χ0) is 24.9. The summed E-state index contributed by atoms with van der Waals surface area (Å²) in [4.78, 5) is 19.2. The molecule has 6 rings (SSSR count). The van der Waals surface area contributed by atoms with E-state index in [0.717, 1.165) is 76.6 Å². The van der Waals surface area contributed by atoms with E-state index in [9.17, 15) is 0 Å². The molecule has 1 saturated heterocycles. The minimum absolute atomic E-state index is 0.148. The minimum Gasteiger partial charge on any atom is -0.354 e. The topological polar surface area (TPSA) is 49.6 Å². The Morgan fingerprint density at radius 1 is 0.917 bits per heavy atom. The summed E-state index contributed by atoms with van der Waals surface area (Å²) in [6, 6.07) is 19.0. The number of pyridine rings is 3. The predicted octanol–water partition coefficient (Wildman–Crippen LogP) is 5.84. The van der Waals surface area contributed by atoms with E-state index in [0.29, 0.717) is 0 Å². The maximum Gasteiger partial charge on any atom is 0.137 e. The minimum atomic E-state index is 0.148. The van der Waals surface area contributed by atoms with Gasteiger partial charge in [0.15, 0.2) is 0 Å². The van der Waals surface area contributed by atoms with Crippen molar-refractivity contribution < 1.29 is 0 Å². The van der Waals surface area contributed by atoms with E-state index in [1.165, 1.54) is 0 Å². The number of piperazine rings is 1. The first-order valence-corrected chi connectivity index (χ1v) is 12.7. The number of nitrogens with zero attached hydrogens (tertiary/aromatic N) is 6. The molecule has 182 valence electrons. The molecule has 36 heavy (non-hydrogen) atoms. The number of hydrogen-bond acceptors (Lipinski definition) is 5. The number of fused-ring (bicyclic) bond motifs is 2. The van der Waals surface area contributed by atoms with Gasteiger partial charge in [0.25, 0.3) is 0 Å². The molecule has 1 aromatic carbocycles. The van der Waals surface area contributed by atoms with Crippen LogP contribution in [-0.4, -0.2) is 56.0 Å². The summed E-state index contributed by atoms with van der Waals surface area (Å²) in [5.41, 5.74) is 7.51. The Hall–Kier alpha value is -3.77. The summed E-state index contributed by atoms with van der Waals surface area (Å²) in [6.45, 7) is 13.1. The van der Waals surface area contributed by atoms with Crippen LogP contribution in [0.5, 0.6) is 0 Å². The van der Waals surface area contributed by atoms with Crippen LogP contribution in [0.2, 0.25) is 0 Å². The van der Waals surface area contributed by atoms with Gasteiger partial charge in [-0.2, -0.15) is 0 Å². The van der Waals surface area contributed by atoms with Crippen LogP contribution in [0.25, 0.3) is 38.9 Å². The first-order chi connectivity index (χ1) is 17.4. The Labute approximate surface area is 212 Å². The maximum atomic E-state index is 4.85. The van der Waals surface area contributed by atoms with E-state index in [2.05, 4.69) is 89.7 Å². The first-order valence-electron chi connectivity index (χ1n) is 12.7. The van der Waals surface area contributed by atoms with Crippen molar-refractivity contribution in [2.45, 2.75) is 33.2 Å². The van der Waals surface area contributed by atoms with E-state index < -0.39 is 0 Å². The first kappa shape index (κ1) is 22.7. The highest BCUT2D eigenvalue weighted by Gasteiger charge is 2.33. The molecule has 0 bridgehead atoms. The SMILES string of the molecule is CCN1CCN(c2ccc(-c3ccn4c(-c5cc(C)nc6ccccc56)cnc4c3)cn2)CC1(C)C. The molecule has 1 aliphatic rings. The molecule has 1 aliphatic heterocycles. The van der Waals surface area contributed by atoms with Gasteiger partial charge in [0.1, 0.15) is 11.5 Å². The second-order valence-corrected chi connectivity index (χ2v) is 10.3. The number of aryl methyl sites for hydroxylation is 1. The van der Waals surface area contributed by atoms with Gasteiger partial charge in [-0.1, -0.05) is 25.1 Å². The molecule has 0 unspecified atom stereocenters. The van der Waals surface area contributed by atoms with Crippen molar-refractivity contribution in [3.63, 3.8) is 0 Å². The number of imidazole rings is 1. The van der Waals surface area contributed by atoms with Crippen LogP contribution >= 0.6 is 0 Å². The Bertz CT molecular complexity index is 1550. The largest absolute Gasteiger partial charge is 0.354 e. The normalized spacial score (nSPS) is 16.2. The molecule has 6 heteroatoms. The molecule has 5 aromatic rings. The smallest absolute Gasteiger partial charge is 0.137 e. The highest BCUT2D eigenvalue weighted by molar-refractivity contribution is 5.94. The molecule has 5 heterocycles.